The summed E-state index contributed by atoms with van der Waals surface area (Å²) >= 11 is 0. The molecule has 7 aromatic rings. The lowest BCUT2D eigenvalue weighted by Crippen LogP contribution is -2.46. The van der Waals surface area contributed by atoms with E-state index in [0.29, 0.717) is 0 Å². The zero-order chi connectivity index (χ0) is 39.3. The van der Waals surface area contributed by atoms with Crippen LogP contribution in [0.1, 0.15) is 82.2 Å². The fourth-order valence-corrected chi connectivity index (χ4v) is 9.95. The Morgan fingerprint density at radius 3 is 1.81 bits per heavy atom. The molecule has 279 valence electrons. The number of para-hydroxylation sites is 1. The molecule has 7 aromatic carbocycles. The van der Waals surface area contributed by atoms with Gasteiger partial charge in [-0.3, -0.25) is 0 Å². The first-order chi connectivity index (χ1) is 27.4. The van der Waals surface area contributed by atoms with Gasteiger partial charge in [-0.05, 0) is 122 Å². The molecule has 0 fully saturated rings. The van der Waals surface area contributed by atoms with E-state index in [1.807, 2.05) is 0 Å². The summed E-state index contributed by atoms with van der Waals surface area (Å²) in [6.45, 7) is 16.9. The van der Waals surface area contributed by atoms with Crippen LogP contribution in [-0.4, -0.2) is 7.28 Å². The molecule has 1 N–H and O–H groups in total. The first-order valence-corrected chi connectivity index (χ1v) is 20.6. The van der Waals surface area contributed by atoms with E-state index >= 15 is 0 Å². The maximum absolute atomic E-state index is 3.90. The van der Waals surface area contributed by atoms with Crippen molar-refractivity contribution in [1.29, 1.82) is 0 Å². The van der Waals surface area contributed by atoms with Gasteiger partial charge in [-0.15, -0.1) is 0 Å². The van der Waals surface area contributed by atoms with E-state index in [1.54, 1.807) is 0 Å². The van der Waals surface area contributed by atoms with Crippen LogP contribution in [0, 0.1) is 6.92 Å². The minimum atomic E-state index is -0.151. The molecule has 3 heteroatoms. The summed E-state index contributed by atoms with van der Waals surface area (Å²) in [7, 11) is 2.45. The largest absolute Gasteiger partial charge is 0.355 e. The van der Waals surface area contributed by atoms with Crippen molar-refractivity contribution in [2.24, 2.45) is 0 Å². The third-order valence-corrected chi connectivity index (χ3v) is 13.4. The monoisotopic (exact) mass is 737 g/mol. The van der Waals surface area contributed by atoms with E-state index in [0.717, 1.165) is 11.4 Å². The third kappa shape index (κ3) is 5.77. The van der Waals surface area contributed by atoms with Gasteiger partial charge in [-0.2, -0.15) is 0 Å². The molecule has 0 saturated carbocycles. The molecule has 57 heavy (non-hydrogen) atoms. The van der Waals surface area contributed by atoms with Crippen molar-refractivity contribution in [3.63, 3.8) is 0 Å². The van der Waals surface area contributed by atoms with Crippen molar-refractivity contribution in [3.8, 4) is 33.4 Å². The third-order valence-electron chi connectivity index (χ3n) is 13.4. The van der Waals surface area contributed by atoms with Gasteiger partial charge >= 0.3 is 0 Å². The molecule has 10 rings (SSSR count). The highest BCUT2D eigenvalue weighted by atomic mass is 15.2. The number of rotatable bonds is 5. The zero-order valence-corrected chi connectivity index (χ0v) is 34.3. The van der Waals surface area contributed by atoms with Crippen LogP contribution >= 0.6 is 0 Å². The van der Waals surface area contributed by atoms with Gasteiger partial charge in [0.2, 0.25) is 0 Å². The molecule has 0 amide bonds. The molecule has 2 heterocycles. The van der Waals surface area contributed by atoms with Gasteiger partial charge in [-0.25, -0.2) is 0 Å². The molecule has 0 unspecified atom stereocenters. The van der Waals surface area contributed by atoms with Crippen LogP contribution in [0.5, 0.6) is 0 Å². The summed E-state index contributed by atoms with van der Waals surface area (Å²) in [5, 5.41) is 3.90. The number of fused-ring (bicyclic) bond motifs is 5. The Morgan fingerprint density at radius 2 is 1.12 bits per heavy atom. The molecule has 0 bridgehead atoms. The Morgan fingerprint density at radius 1 is 0.509 bits per heavy atom. The second-order valence-corrected chi connectivity index (χ2v) is 18.5. The van der Waals surface area contributed by atoms with Gasteiger partial charge < -0.3 is 10.2 Å². The van der Waals surface area contributed by atoms with E-state index < -0.39 is 0 Å². The van der Waals surface area contributed by atoms with Gasteiger partial charge in [-0.1, -0.05) is 162 Å². The van der Waals surface area contributed by atoms with Gasteiger partial charge in [0.15, 0.2) is 7.28 Å². The van der Waals surface area contributed by atoms with Gasteiger partial charge in [0.25, 0.3) is 0 Å². The topological polar surface area (TPSA) is 15.3 Å². The standard InChI is InChI=1S/C54H50BN2/c1-34-29-41(40-26-23-38(36-17-12-9-13-18-36)31-47(40)56-39-24-21-37(22-25-39)35-15-10-8-11-16-35)50-49(30-34)57-48-33-44-43(52(2,3)27-28-53(44,4)5)32-45(48)54(6,7)42-19-14-20-46(55-50)51(42)57/h8-26,29-33,56H,27-28H2,1-7H3. The average molecular weight is 738 g/mol. The Labute approximate surface area is 339 Å². The number of nitrogens with one attached hydrogen (secondary N) is 1. The molecule has 1 radical (unpaired) electrons. The van der Waals surface area contributed by atoms with Gasteiger partial charge in [0, 0.05) is 33.7 Å². The van der Waals surface area contributed by atoms with Crippen molar-refractivity contribution in [2.75, 3.05) is 10.2 Å². The second kappa shape index (κ2) is 12.9. The summed E-state index contributed by atoms with van der Waals surface area (Å²) in [6.07, 6.45) is 2.39. The highest BCUT2D eigenvalue weighted by Gasteiger charge is 2.45. The molecule has 0 spiro atoms. The zero-order valence-electron chi connectivity index (χ0n) is 34.3. The Hall–Kier alpha value is -5.80. The SMILES string of the molecule is Cc1cc(-c2ccc(-c3ccccc3)cc2Nc2ccc(-c3ccccc3)cc2)c2c(c1)N1c3cc4c(cc3C(C)(C)c3cccc(c31)[B]2)C(C)(C)CCC4(C)C. The molecule has 2 nitrogen and oxygen atoms in total. The lowest BCUT2D eigenvalue weighted by molar-refractivity contribution is 0.331. The lowest BCUT2D eigenvalue weighted by atomic mass is 9.55. The summed E-state index contributed by atoms with van der Waals surface area (Å²) in [6, 6.07) is 54.0. The molecule has 1 aliphatic carbocycles. The Balaban J connectivity index is 1.17. The first kappa shape index (κ1) is 35.6. The van der Waals surface area contributed by atoms with E-state index in [1.165, 1.54) is 102 Å². The van der Waals surface area contributed by atoms with Crippen LogP contribution in [0.15, 0.2) is 146 Å². The van der Waals surface area contributed by atoms with Crippen LogP contribution in [-0.2, 0) is 16.2 Å². The van der Waals surface area contributed by atoms with Crippen molar-refractivity contribution in [2.45, 2.75) is 77.6 Å². The van der Waals surface area contributed by atoms with Crippen LogP contribution in [0.3, 0.4) is 0 Å². The van der Waals surface area contributed by atoms with Crippen LogP contribution < -0.4 is 21.1 Å². The number of anilines is 5. The number of hydrogen-bond acceptors (Lipinski definition) is 2. The number of aryl methyl sites for hydroxylation is 1. The fourth-order valence-electron chi connectivity index (χ4n) is 9.95. The van der Waals surface area contributed by atoms with Crippen LogP contribution in [0.4, 0.5) is 28.4 Å². The Bertz CT molecular complexity index is 2710. The molecule has 0 saturated heterocycles. The molecule has 2 aliphatic heterocycles. The molecule has 0 atom stereocenters. The van der Waals surface area contributed by atoms with Crippen molar-refractivity contribution in [1.82, 2.24) is 0 Å². The average Bonchev–Trinajstić information content (AvgIpc) is 3.21. The quantitative estimate of drug-likeness (QED) is 0.177. The molecule has 0 aromatic heterocycles. The predicted molar refractivity (Wildman–Crippen MR) is 244 cm³/mol. The van der Waals surface area contributed by atoms with Gasteiger partial charge in [0.05, 0.1) is 5.69 Å². The van der Waals surface area contributed by atoms with Gasteiger partial charge in [0.1, 0.15) is 0 Å². The molecule has 3 aliphatic rings. The molecular formula is C54H50BN2. The highest BCUT2D eigenvalue weighted by molar-refractivity contribution is 6.73. The fraction of sp³-hybridized carbons (Fsp3) is 0.222. The minimum Gasteiger partial charge on any atom is -0.355 e. The van der Waals surface area contributed by atoms with Crippen LogP contribution in [0.25, 0.3) is 33.4 Å². The predicted octanol–water partition coefficient (Wildman–Crippen LogP) is 13.2. The maximum Gasteiger partial charge on any atom is 0.197 e. The molecular weight excluding hydrogens is 687 g/mol. The number of benzene rings is 7. The first-order valence-electron chi connectivity index (χ1n) is 20.6. The smallest absolute Gasteiger partial charge is 0.197 e. The number of nitrogens with zero attached hydrogens (tertiary/aromatic N) is 1. The lowest BCUT2D eigenvalue weighted by Gasteiger charge is -2.49. The minimum absolute atomic E-state index is 0.104. The second-order valence-electron chi connectivity index (χ2n) is 18.5. The highest BCUT2D eigenvalue weighted by Crippen LogP contribution is 2.56. The Kier molecular flexibility index (Phi) is 8.04. The normalized spacial score (nSPS) is 16.4. The van der Waals surface area contributed by atoms with Crippen molar-refractivity contribution in [3.05, 3.63) is 173 Å². The van der Waals surface area contributed by atoms with E-state index in [-0.39, 0.29) is 16.2 Å². The maximum atomic E-state index is 3.90. The number of hydrogen-bond donors (Lipinski definition) is 1. The van der Waals surface area contributed by atoms with E-state index in [4.69, 9.17) is 0 Å². The summed E-state index contributed by atoms with van der Waals surface area (Å²) in [4.78, 5) is 2.63. The van der Waals surface area contributed by atoms with E-state index in [2.05, 4.69) is 212 Å². The summed E-state index contributed by atoms with van der Waals surface area (Å²) < 4.78 is 0. The van der Waals surface area contributed by atoms with Crippen LogP contribution in [0.2, 0.25) is 0 Å². The van der Waals surface area contributed by atoms with E-state index in [9.17, 15) is 0 Å². The van der Waals surface area contributed by atoms with Crippen molar-refractivity contribution < 1.29 is 0 Å². The van der Waals surface area contributed by atoms with Crippen molar-refractivity contribution >= 4 is 46.6 Å². The summed E-state index contributed by atoms with van der Waals surface area (Å²) in [5.74, 6) is 0. The summed E-state index contributed by atoms with van der Waals surface area (Å²) in [5.41, 5.74) is 22.9.